The Morgan fingerprint density at radius 3 is 2.38 bits per heavy atom. The molecular weight excluding hydrogens is 193 g/mol. The van der Waals surface area contributed by atoms with E-state index in [1.54, 1.807) is 0 Å². The van der Waals surface area contributed by atoms with Crippen LogP contribution in [-0.4, -0.2) is 41.4 Å². The molecule has 0 aromatic heterocycles. The van der Waals surface area contributed by atoms with Crippen LogP contribution in [-0.2, 0) is 9.09 Å². The summed E-state index contributed by atoms with van der Waals surface area (Å²) in [6, 6.07) is 0. The first-order valence-electron chi connectivity index (χ1n) is 4.20. The number of phosphoric ester groups is 1. The van der Waals surface area contributed by atoms with Crippen molar-refractivity contribution in [1.29, 1.82) is 0 Å². The summed E-state index contributed by atoms with van der Waals surface area (Å²) < 4.78 is 14.6. The molecule has 2 N–H and O–H groups in total. The van der Waals surface area contributed by atoms with Crippen molar-refractivity contribution in [3.05, 3.63) is 0 Å². The fourth-order valence-electron chi connectivity index (χ4n) is 1.03. The van der Waals surface area contributed by atoms with Crippen LogP contribution in [0.4, 0.5) is 0 Å². The van der Waals surface area contributed by atoms with Gasteiger partial charge >= 0.3 is 7.82 Å². The largest absolute Gasteiger partial charge is 0.469 e. The zero-order valence-electron chi connectivity index (χ0n) is 8.30. The van der Waals surface area contributed by atoms with Crippen molar-refractivity contribution in [2.75, 3.05) is 26.7 Å². The lowest BCUT2D eigenvalue weighted by molar-refractivity contribution is 0.167. The third-order valence-corrected chi connectivity index (χ3v) is 1.93. The van der Waals surface area contributed by atoms with Gasteiger partial charge in [-0.3, -0.25) is 4.52 Å². The van der Waals surface area contributed by atoms with E-state index in [0.29, 0.717) is 12.5 Å². The molecule has 0 bridgehead atoms. The maximum Gasteiger partial charge on any atom is 0.469 e. The normalized spacial score (nSPS) is 12.8. The van der Waals surface area contributed by atoms with Crippen LogP contribution in [0.15, 0.2) is 0 Å². The van der Waals surface area contributed by atoms with Gasteiger partial charge in [0.15, 0.2) is 0 Å². The summed E-state index contributed by atoms with van der Waals surface area (Å²) >= 11 is 0. The van der Waals surface area contributed by atoms with E-state index in [-0.39, 0.29) is 6.61 Å². The summed E-state index contributed by atoms with van der Waals surface area (Å²) in [5.41, 5.74) is 0. The van der Waals surface area contributed by atoms with E-state index in [4.69, 9.17) is 9.79 Å². The van der Waals surface area contributed by atoms with Crippen LogP contribution in [0.5, 0.6) is 0 Å². The lowest BCUT2D eigenvalue weighted by Crippen LogP contribution is -2.26. The zero-order chi connectivity index (χ0) is 10.5. The third kappa shape index (κ3) is 9.99. The molecule has 5 nitrogen and oxygen atoms in total. The van der Waals surface area contributed by atoms with Crippen molar-refractivity contribution in [1.82, 2.24) is 4.90 Å². The van der Waals surface area contributed by atoms with E-state index >= 15 is 0 Å². The Balaban J connectivity index is 3.48. The minimum absolute atomic E-state index is 0.0630. The molecule has 0 rings (SSSR count). The fourth-order valence-corrected chi connectivity index (χ4v) is 1.35. The van der Waals surface area contributed by atoms with Crippen molar-refractivity contribution in [2.45, 2.75) is 13.8 Å². The quantitative estimate of drug-likeness (QED) is 0.632. The third-order valence-electron chi connectivity index (χ3n) is 1.41. The predicted octanol–water partition coefficient (Wildman–Crippen LogP) is 0.683. The molecule has 0 atom stereocenters. The second-order valence-electron chi connectivity index (χ2n) is 3.48. The topological polar surface area (TPSA) is 70.0 Å². The molecule has 0 aromatic rings. The highest BCUT2D eigenvalue weighted by Gasteiger charge is 2.13. The smallest absolute Gasteiger partial charge is 0.304 e. The molecule has 0 saturated heterocycles. The summed E-state index contributed by atoms with van der Waals surface area (Å²) in [6.07, 6.45) is 0. The van der Waals surface area contributed by atoms with Crippen molar-refractivity contribution < 1.29 is 18.9 Å². The maximum atomic E-state index is 10.3. The van der Waals surface area contributed by atoms with E-state index in [1.807, 2.05) is 11.9 Å². The maximum absolute atomic E-state index is 10.3. The van der Waals surface area contributed by atoms with E-state index in [2.05, 4.69) is 18.4 Å². The van der Waals surface area contributed by atoms with Gasteiger partial charge in [0, 0.05) is 13.1 Å². The van der Waals surface area contributed by atoms with E-state index in [0.717, 1.165) is 6.54 Å². The molecule has 0 heterocycles. The highest BCUT2D eigenvalue weighted by Crippen LogP contribution is 2.35. The lowest BCUT2D eigenvalue weighted by atomic mass is 10.2. The first-order chi connectivity index (χ1) is 5.81. The van der Waals surface area contributed by atoms with Gasteiger partial charge in [0.2, 0.25) is 0 Å². The summed E-state index contributed by atoms with van der Waals surface area (Å²) in [7, 11) is -2.39. The standard InChI is InChI=1S/C7H18NO4P/c1-7(2)6-8(3)4-5-12-13(9,10)11/h7H,4-6H2,1-3H3,(H2,9,10,11). The molecule has 0 aromatic carbocycles. The number of likely N-dealkylation sites (N-methyl/N-ethyl adjacent to an activating group) is 1. The molecule has 0 aliphatic heterocycles. The SMILES string of the molecule is CC(C)CN(C)CCOP(=O)(O)O. The van der Waals surface area contributed by atoms with Crippen LogP contribution in [0.25, 0.3) is 0 Å². The lowest BCUT2D eigenvalue weighted by Gasteiger charge is -2.18. The molecular formula is C7H18NO4P. The first-order valence-corrected chi connectivity index (χ1v) is 5.73. The molecule has 0 radical (unpaired) electrons. The van der Waals surface area contributed by atoms with Gasteiger partial charge in [-0.25, -0.2) is 4.57 Å². The fraction of sp³-hybridized carbons (Fsp3) is 1.00. The van der Waals surface area contributed by atoms with Gasteiger partial charge in [-0.15, -0.1) is 0 Å². The van der Waals surface area contributed by atoms with Gasteiger partial charge in [-0.1, -0.05) is 13.8 Å². The van der Waals surface area contributed by atoms with E-state index in [9.17, 15) is 4.57 Å². The second-order valence-corrected chi connectivity index (χ2v) is 4.72. The molecule has 6 heteroatoms. The highest BCUT2D eigenvalue weighted by molar-refractivity contribution is 7.46. The molecule has 0 saturated carbocycles. The van der Waals surface area contributed by atoms with Crippen molar-refractivity contribution in [2.24, 2.45) is 5.92 Å². The number of hydrogen-bond donors (Lipinski definition) is 2. The average molecular weight is 211 g/mol. The predicted molar refractivity (Wildman–Crippen MR) is 50.3 cm³/mol. The zero-order valence-corrected chi connectivity index (χ0v) is 9.20. The Morgan fingerprint density at radius 2 is 2.00 bits per heavy atom. The second kappa shape index (κ2) is 5.73. The van der Waals surface area contributed by atoms with Crippen LogP contribution in [0, 0.1) is 5.92 Å². The molecule has 0 amide bonds. The Morgan fingerprint density at radius 1 is 1.46 bits per heavy atom. The molecule has 0 unspecified atom stereocenters. The van der Waals surface area contributed by atoms with Crippen molar-refractivity contribution >= 4 is 7.82 Å². The van der Waals surface area contributed by atoms with Crippen molar-refractivity contribution in [3.8, 4) is 0 Å². The molecule has 0 spiro atoms. The van der Waals surface area contributed by atoms with Crippen molar-refractivity contribution in [3.63, 3.8) is 0 Å². The van der Waals surface area contributed by atoms with Gasteiger partial charge in [0.05, 0.1) is 6.61 Å². The summed E-state index contributed by atoms with van der Waals surface area (Å²) in [5, 5.41) is 0. The van der Waals surface area contributed by atoms with Crippen LogP contribution >= 0.6 is 7.82 Å². The molecule has 0 fully saturated rings. The van der Waals surface area contributed by atoms with Gasteiger partial charge in [-0.2, -0.15) is 0 Å². The van der Waals surface area contributed by atoms with Crippen LogP contribution in [0.1, 0.15) is 13.8 Å². The number of rotatable bonds is 6. The highest BCUT2D eigenvalue weighted by atomic mass is 31.2. The van der Waals surface area contributed by atoms with Gasteiger partial charge in [0.25, 0.3) is 0 Å². The van der Waals surface area contributed by atoms with Gasteiger partial charge < -0.3 is 14.7 Å². The monoisotopic (exact) mass is 211 g/mol. The Kier molecular flexibility index (Phi) is 5.76. The summed E-state index contributed by atoms with van der Waals surface area (Å²) in [6.45, 7) is 5.65. The van der Waals surface area contributed by atoms with Crippen LogP contribution in [0.3, 0.4) is 0 Å². The first kappa shape index (κ1) is 13.1. The number of hydrogen-bond acceptors (Lipinski definition) is 3. The molecule has 80 valence electrons. The van der Waals surface area contributed by atoms with E-state index < -0.39 is 7.82 Å². The van der Waals surface area contributed by atoms with Gasteiger partial charge in [0.1, 0.15) is 0 Å². The summed E-state index contributed by atoms with van der Waals surface area (Å²) in [5.74, 6) is 0.542. The minimum Gasteiger partial charge on any atom is -0.304 e. The Labute approximate surface area is 78.9 Å². The Hall–Kier alpha value is 0.0700. The molecule has 0 aliphatic carbocycles. The number of nitrogens with zero attached hydrogens (tertiary/aromatic N) is 1. The van der Waals surface area contributed by atoms with Crippen LogP contribution in [0.2, 0.25) is 0 Å². The van der Waals surface area contributed by atoms with E-state index in [1.165, 1.54) is 0 Å². The molecule has 0 aliphatic rings. The summed E-state index contributed by atoms with van der Waals surface area (Å²) in [4.78, 5) is 18.7. The Bertz CT molecular complexity index is 179. The molecule has 13 heavy (non-hydrogen) atoms. The van der Waals surface area contributed by atoms with Gasteiger partial charge in [-0.05, 0) is 13.0 Å². The number of phosphoric acid groups is 1. The van der Waals surface area contributed by atoms with Crippen LogP contribution < -0.4 is 0 Å². The minimum atomic E-state index is -4.28. The average Bonchev–Trinajstić information content (AvgIpc) is 1.81.